The fourth-order valence-electron chi connectivity index (χ4n) is 1.92. The first-order valence-corrected chi connectivity index (χ1v) is 4.60. The topological polar surface area (TPSA) is 13.1 Å². The van der Waals surface area contributed by atoms with E-state index in [1.807, 2.05) is 6.08 Å². The summed E-state index contributed by atoms with van der Waals surface area (Å²) in [5.74, 6) is 1.61. The predicted molar refractivity (Wildman–Crippen MR) is 49.2 cm³/mol. The third-order valence-corrected chi connectivity index (χ3v) is 2.61. The third kappa shape index (κ3) is 1.20. The van der Waals surface area contributed by atoms with E-state index in [0.29, 0.717) is 5.92 Å². The van der Waals surface area contributed by atoms with Crippen molar-refractivity contribution in [1.29, 1.82) is 0 Å². The Labute approximate surface area is 73.1 Å². The van der Waals surface area contributed by atoms with Gasteiger partial charge in [0, 0.05) is 5.92 Å². The van der Waals surface area contributed by atoms with Crippen LogP contribution in [-0.2, 0) is 6.42 Å². The molecule has 0 saturated carbocycles. The smallest absolute Gasteiger partial charge is 0.113 e. The summed E-state index contributed by atoms with van der Waals surface area (Å²) in [6.45, 7) is 3.84. The van der Waals surface area contributed by atoms with E-state index >= 15 is 0 Å². The molecule has 0 saturated heterocycles. The number of hydrogen-bond donors (Lipinski definition) is 0. The third-order valence-electron chi connectivity index (χ3n) is 2.61. The van der Waals surface area contributed by atoms with Gasteiger partial charge in [-0.1, -0.05) is 12.5 Å². The van der Waals surface area contributed by atoms with Crippen molar-refractivity contribution in [2.75, 3.05) is 0 Å². The van der Waals surface area contributed by atoms with E-state index in [4.69, 9.17) is 4.42 Å². The fraction of sp³-hybridized carbons (Fsp3) is 0.455. The van der Waals surface area contributed by atoms with Crippen molar-refractivity contribution in [1.82, 2.24) is 0 Å². The molecule has 1 aliphatic carbocycles. The van der Waals surface area contributed by atoms with Crippen molar-refractivity contribution in [3.05, 3.63) is 36.3 Å². The van der Waals surface area contributed by atoms with E-state index in [-0.39, 0.29) is 0 Å². The van der Waals surface area contributed by atoms with E-state index in [1.54, 1.807) is 6.26 Å². The largest absolute Gasteiger partial charge is 0.468 e. The monoisotopic (exact) mass is 162 g/mol. The molecule has 1 aromatic rings. The Bertz CT molecular complexity index is 272. The highest BCUT2D eigenvalue weighted by molar-refractivity contribution is 5.25. The summed E-state index contributed by atoms with van der Waals surface area (Å²) in [6.07, 6.45) is 8.76. The van der Waals surface area contributed by atoms with Gasteiger partial charge in [0.1, 0.15) is 5.76 Å². The van der Waals surface area contributed by atoms with Gasteiger partial charge in [-0.3, -0.25) is 0 Å². The van der Waals surface area contributed by atoms with Crippen LogP contribution < -0.4 is 0 Å². The van der Waals surface area contributed by atoms with Crippen LogP contribution in [0.5, 0.6) is 0 Å². The van der Waals surface area contributed by atoms with Crippen LogP contribution in [0.1, 0.15) is 36.5 Å². The van der Waals surface area contributed by atoms with Gasteiger partial charge in [-0.15, -0.1) is 6.58 Å². The number of aryl methyl sites for hydroxylation is 1. The van der Waals surface area contributed by atoms with E-state index in [9.17, 15) is 0 Å². The van der Waals surface area contributed by atoms with Gasteiger partial charge in [-0.25, -0.2) is 0 Å². The zero-order valence-corrected chi connectivity index (χ0v) is 7.25. The van der Waals surface area contributed by atoms with Gasteiger partial charge in [-0.2, -0.15) is 0 Å². The summed E-state index contributed by atoms with van der Waals surface area (Å²) in [6, 6.07) is 2.09. The fourth-order valence-corrected chi connectivity index (χ4v) is 1.92. The molecule has 1 nitrogen and oxygen atoms in total. The van der Waals surface area contributed by atoms with Crippen LogP contribution in [0, 0.1) is 0 Å². The maximum Gasteiger partial charge on any atom is 0.113 e. The molecule has 1 aliphatic rings. The minimum Gasteiger partial charge on any atom is -0.468 e. The predicted octanol–water partition coefficient (Wildman–Crippen LogP) is 3.28. The van der Waals surface area contributed by atoms with Gasteiger partial charge in [0.15, 0.2) is 0 Å². The lowest BCUT2D eigenvalue weighted by atomic mass is 10.0. The Kier molecular flexibility index (Phi) is 2.03. The molecule has 0 bridgehead atoms. The number of fused-ring (bicyclic) bond motifs is 1. The molecule has 0 fully saturated rings. The number of hydrogen-bond acceptors (Lipinski definition) is 1. The highest BCUT2D eigenvalue weighted by atomic mass is 16.3. The number of allylic oxidation sites excluding steroid dienone is 1. The Morgan fingerprint density at radius 2 is 2.42 bits per heavy atom. The summed E-state index contributed by atoms with van der Waals surface area (Å²) < 4.78 is 5.47. The van der Waals surface area contributed by atoms with Crippen molar-refractivity contribution in [2.45, 2.75) is 31.6 Å². The van der Waals surface area contributed by atoms with Crippen LogP contribution in [0.15, 0.2) is 29.4 Å². The van der Waals surface area contributed by atoms with Crippen LogP contribution >= 0.6 is 0 Å². The average molecular weight is 162 g/mol. The average Bonchev–Trinajstić information content (AvgIpc) is 2.46. The lowest BCUT2D eigenvalue weighted by Gasteiger charge is -2.06. The molecule has 0 spiro atoms. The van der Waals surface area contributed by atoms with Crippen LogP contribution in [0.25, 0.3) is 0 Å². The molecule has 12 heavy (non-hydrogen) atoms. The minimum absolute atomic E-state index is 0.456. The highest BCUT2D eigenvalue weighted by Crippen LogP contribution is 2.31. The molecule has 0 radical (unpaired) electrons. The van der Waals surface area contributed by atoms with Gasteiger partial charge < -0.3 is 4.42 Å². The van der Waals surface area contributed by atoms with E-state index in [2.05, 4.69) is 12.6 Å². The number of furan rings is 1. The first kappa shape index (κ1) is 7.66. The van der Waals surface area contributed by atoms with Crippen molar-refractivity contribution in [2.24, 2.45) is 0 Å². The molecular weight excluding hydrogens is 148 g/mol. The van der Waals surface area contributed by atoms with Gasteiger partial charge >= 0.3 is 0 Å². The van der Waals surface area contributed by atoms with Crippen LogP contribution in [0.3, 0.4) is 0 Å². The molecule has 1 aromatic heterocycles. The van der Waals surface area contributed by atoms with Gasteiger partial charge in [0.05, 0.1) is 6.26 Å². The van der Waals surface area contributed by atoms with E-state index in [0.717, 1.165) is 5.76 Å². The van der Waals surface area contributed by atoms with Crippen LogP contribution in [0.4, 0.5) is 0 Å². The Balaban J connectivity index is 2.35. The Morgan fingerprint density at radius 3 is 3.25 bits per heavy atom. The first-order chi connectivity index (χ1) is 5.92. The standard InChI is InChI=1S/C11H14O/c1-2-9-5-3-4-6-10-7-8-12-11(9)10/h2,7-9H,1,3-6H2. The maximum absolute atomic E-state index is 5.47. The molecule has 0 aliphatic heterocycles. The molecule has 0 aromatic carbocycles. The van der Waals surface area contributed by atoms with Gasteiger partial charge in [-0.05, 0) is 30.9 Å². The van der Waals surface area contributed by atoms with E-state index in [1.165, 1.54) is 31.2 Å². The molecule has 2 rings (SSSR count). The number of rotatable bonds is 1. The molecule has 1 heterocycles. The zero-order chi connectivity index (χ0) is 8.39. The lowest BCUT2D eigenvalue weighted by Crippen LogP contribution is -1.92. The second-order valence-corrected chi connectivity index (χ2v) is 3.40. The van der Waals surface area contributed by atoms with Crippen molar-refractivity contribution >= 4 is 0 Å². The molecule has 64 valence electrons. The molecular formula is C11H14O. The highest BCUT2D eigenvalue weighted by Gasteiger charge is 2.18. The van der Waals surface area contributed by atoms with Crippen molar-refractivity contribution in [3.63, 3.8) is 0 Å². The summed E-state index contributed by atoms with van der Waals surface area (Å²) in [5, 5.41) is 0. The Hall–Kier alpha value is -0.980. The van der Waals surface area contributed by atoms with Gasteiger partial charge in [0.25, 0.3) is 0 Å². The lowest BCUT2D eigenvalue weighted by molar-refractivity contribution is 0.478. The van der Waals surface area contributed by atoms with Gasteiger partial charge in [0.2, 0.25) is 0 Å². The first-order valence-electron chi connectivity index (χ1n) is 4.60. The normalized spacial score (nSPS) is 22.8. The van der Waals surface area contributed by atoms with Crippen molar-refractivity contribution < 1.29 is 4.42 Å². The molecule has 1 heteroatoms. The second kappa shape index (κ2) is 3.18. The second-order valence-electron chi connectivity index (χ2n) is 3.40. The maximum atomic E-state index is 5.47. The summed E-state index contributed by atoms with van der Waals surface area (Å²) >= 11 is 0. The summed E-state index contributed by atoms with van der Waals surface area (Å²) in [4.78, 5) is 0. The molecule has 0 N–H and O–H groups in total. The molecule has 0 amide bonds. The summed E-state index contributed by atoms with van der Waals surface area (Å²) in [5.41, 5.74) is 1.39. The quantitative estimate of drug-likeness (QED) is 0.456. The SMILES string of the molecule is C=CC1CCCCc2ccoc21. The van der Waals surface area contributed by atoms with Crippen LogP contribution in [0.2, 0.25) is 0 Å². The zero-order valence-electron chi connectivity index (χ0n) is 7.25. The Morgan fingerprint density at radius 1 is 1.50 bits per heavy atom. The van der Waals surface area contributed by atoms with Crippen molar-refractivity contribution in [3.8, 4) is 0 Å². The van der Waals surface area contributed by atoms with Crippen LogP contribution in [-0.4, -0.2) is 0 Å². The summed E-state index contributed by atoms with van der Waals surface area (Å²) in [7, 11) is 0. The minimum atomic E-state index is 0.456. The van der Waals surface area contributed by atoms with E-state index < -0.39 is 0 Å². The molecule has 1 atom stereocenters. The molecule has 1 unspecified atom stereocenters.